The molecule has 8 heteroatoms. The number of ether oxygens (including phenoxy) is 2. The number of rotatable bonds is 8. The second kappa shape index (κ2) is 9.78. The highest BCUT2D eigenvalue weighted by Crippen LogP contribution is 2.27. The Morgan fingerprint density at radius 2 is 1.73 bits per heavy atom. The van der Waals surface area contributed by atoms with Crippen molar-refractivity contribution < 1.29 is 27.4 Å². The number of nitrogens with zero attached hydrogens (tertiary/aromatic N) is 1. The third kappa shape index (κ3) is 6.51. The molecule has 0 saturated carbocycles. The van der Waals surface area contributed by atoms with Gasteiger partial charge in [0.15, 0.2) is 6.61 Å². The Balaban J connectivity index is 1.75. The van der Waals surface area contributed by atoms with Gasteiger partial charge in [-0.15, -0.1) is 0 Å². The van der Waals surface area contributed by atoms with Gasteiger partial charge in [0, 0.05) is 6.20 Å². The molecule has 0 spiro atoms. The minimum absolute atomic E-state index is 0.0549. The van der Waals surface area contributed by atoms with E-state index in [-0.39, 0.29) is 24.5 Å². The lowest BCUT2D eigenvalue weighted by molar-refractivity contribution is -0.153. The monoisotopic (exact) mass is 416 g/mol. The smallest absolute Gasteiger partial charge is 0.422 e. The lowest BCUT2D eigenvalue weighted by atomic mass is 10.1. The summed E-state index contributed by atoms with van der Waals surface area (Å²) < 4.78 is 48.2. The van der Waals surface area contributed by atoms with Gasteiger partial charge >= 0.3 is 6.18 Å². The minimum Gasteiger partial charge on any atom is -0.489 e. The number of carbonyl (C=O) groups is 1. The van der Waals surface area contributed by atoms with Crippen molar-refractivity contribution in [3.8, 4) is 11.5 Å². The zero-order valence-electron chi connectivity index (χ0n) is 15.9. The summed E-state index contributed by atoms with van der Waals surface area (Å²) in [5.41, 5.74) is 1.47. The van der Waals surface area contributed by atoms with E-state index in [1.54, 1.807) is 24.4 Å². The van der Waals surface area contributed by atoms with E-state index in [0.29, 0.717) is 11.4 Å². The number of alkyl halides is 3. The zero-order valence-corrected chi connectivity index (χ0v) is 15.9. The molecule has 0 aliphatic heterocycles. The number of carbonyl (C=O) groups excluding carboxylic acids is 1. The Kier molecular flexibility index (Phi) is 6.90. The van der Waals surface area contributed by atoms with Gasteiger partial charge in [-0.2, -0.15) is 13.2 Å². The summed E-state index contributed by atoms with van der Waals surface area (Å²) in [5, 5.41) is 2.64. The summed E-state index contributed by atoms with van der Waals surface area (Å²) in [5.74, 6) is -0.443. The molecule has 0 aliphatic rings. The number of halogens is 3. The molecule has 1 N–H and O–H groups in total. The third-order valence-corrected chi connectivity index (χ3v) is 3.99. The summed E-state index contributed by atoms with van der Waals surface area (Å²) in [6, 6.07) is 18.7. The molecule has 0 aliphatic carbocycles. The van der Waals surface area contributed by atoms with Crippen LogP contribution < -0.4 is 14.8 Å². The molecular formula is C22H19F3N2O3. The molecule has 0 unspecified atom stereocenters. The van der Waals surface area contributed by atoms with E-state index in [4.69, 9.17) is 9.47 Å². The van der Waals surface area contributed by atoms with Crippen LogP contribution in [-0.2, 0) is 13.2 Å². The Labute approximate surface area is 171 Å². The van der Waals surface area contributed by atoms with Gasteiger partial charge in [0.05, 0.1) is 17.8 Å². The van der Waals surface area contributed by atoms with Crippen LogP contribution in [-0.4, -0.2) is 23.7 Å². The van der Waals surface area contributed by atoms with E-state index >= 15 is 0 Å². The molecule has 0 saturated heterocycles. The predicted molar refractivity (Wildman–Crippen MR) is 104 cm³/mol. The Morgan fingerprint density at radius 3 is 2.43 bits per heavy atom. The first-order valence-corrected chi connectivity index (χ1v) is 9.09. The van der Waals surface area contributed by atoms with E-state index in [9.17, 15) is 18.0 Å². The van der Waals surface area contributed by atoms with Crippen molar-refractivity contribution in [1.82, 2.24) is 10.3 Å². The van der Waals surface area contributed by atoms with Crippen molar-refractivity contribution in [2.24, 2.45) is 0 Å². The number of benzene rings is 2. The summed E-state index contributed by atoms with van der Waals surface area (Å²) in [7, 11) is 0. The van der Waals surface area contributed by atoms with Crippen LogP contribution in [0.1, 0.15) is 21.6 Å². The first kappa shape index (κ1) is 21.2. The van der Waals surface area contributed by atoms with Crippen molar-refractivity contribution in [2.75, 3.05) is 6.61 Å². The van der Waals surface area contributed by atoms with Gasteiger partial charge in [-0.3, -0.25) is 9.78 Å². The molecule has 0 atom stereocenters. The average Bonchev–Trinajstić information content (AvgIpc) is 2.75. The van der Waals surface area contributed by atoms with Gasteiger partial charge in [0.1, 0.15) is 18.1 Å². The fourth-order valence-corrected chi connectivity index (χ4v) is 2.57. The molecule has 156 valence electrons. The maximum atomic E-state index is 12.6. The van der Waals surface area contributed by atoms with E-state index in [1.165, 1.54) is 18.2 Å². The summed E-state index contributed by atoms with van der Waals surface area (Å²) in [4.78, 5) is 16.7. The molecule has 3 rings (SSSR count). The first-order chi connectivity index (χ1) is 14.4. The molecule has 0 radical (unpaired) electrons. The lowest BCUT2D eigenvalue weighted by Crippen LogP contribution is -2.25. The highest BCUT2D eigenvalue weighted by molar-refractivity contribution is 5.97. The molecule has 1 amide bonds. The molecule has 5 nitrogen and oxygen atoms in total. The number of aromatic nitrogens is 1. The zero-order chi connectivity index (χ0) is 21.4. The van der Waals surface area contributed by atoms with Crippen LogP contribution >= 0.6 is 0 Å². The normalized spacial score (nSPS) is 11.0. The van der Waals surface area contributed by atoms with Gasteiger partial charge in [-0.25, -0.2) is 0 Å². The van der Waals surface area contributed by atoms with Gasteiger partial charge in [0.25, 0.3) is 5.91 Å². The largest absolute Gasteiger partial charge is 0.489 e. The van der Waals surface area contributed by atoms with Crippen LogP contribution in [0.5, 0.6) is 11.5 Å². The van der Waals surface area contributed by atoms with E-state index in [2.05, 4.69) is 10.3 Å². The molecule has 3 aromatic rings. The van der Waals surface area contributed by atoms with E-state index < -0.39 is 18.7 Å². The molecule has 0 fully saturated rings. The van der Waals surface area contributed by atoms with Crippen LogP contribution in [0.15, 0.2) is 72.9 Å². The standard InChI is InChI=1S/C22H19F3N2O3/c23-22(24,25)15-30-20-10-9-18(29-14-16-6-2-1-3-7-16)12-19(20)21(28)27-13-17-8-4-5-11-26-17/h1-12H,13-15H2,(H,27,28). The first-order valence-electron chi connectivity index (χ1n) is 9.09. The van der Waals surface area contributed by atoms with Crippen LogP contribution in [0.4, 0.5) is 13.2 Å². The maximum Gasteiger partial charge on any atom is 0.422 e. The number of pyridine rings is 1. The summed E-state index contributed by atoms with van der Waals surface area (Å²) >= 11 is 0. The summed E-state index contributed by atoms with van der Waals surface area (Å²) in [6.45, 7) is -1.14. The van der Waals surface area contributed by atoms with Crippen molar-refractivity contribution in [3.63, 3.8) is 0 Å². The molecule has 30 heavy (non-hydrogen) atoms. The number of hydrogen-bond acceptors (Lipinski definition) is 4. The fourth-order valence-electron chi connectivity index (χ4n) is 2.57. The highest BCUT2D eigenvalue weighted by Gasteiger charge is 2.29. The van der Waals surface area contributed by atoms with Gasteiger partial charge < -0.3 is 14.8 Å². The molecule has 1 aromatic heterocycles. The second-order valence-corrected chi connectivity index (χ2v) is 6.34. The highest BCUT2D eigenvalue weighted by atomic mass is 19.4. The molecule has 1 heterocycles. The van der Waals surface area contributed by atoms with Gasteiger partial charge in [-0.05, 0) is 35.9 Å². The molecular weight excluding hydrogens is 397 g/mol. The molecule has 2 aromatic carbocycles. The van der Waals surface area contributed by atoms with Gasteiger partial charge in [0.2, 0.25) is 0 Å². The van der Waals surface area contributed by atoms with Crippen LogP contribution in [0, 0.1) is 0 Å². The van der Waals surface area contributed by atoms with E-state index in [0.717, 1.165) is 5.56 Å². The Hall–Kier alpha value is -3.55. The maximum absolute atomic E-state index is 12.6. The quantitative estimate of drug-likeness (QED) is 0.586. The molecule has 0 bridgehead atoms. The fraction of sp³-hybridized carbons (Fsp3) is 0.182. The lowest BCUT2D eigenvalue weighted by Gasteiger charge is -2.15. The number of hydrogen-bond donors (Lipinski definition) is 1. The summed E-state index contributed by atoms with van der Waals surface area (Å²) in [6.07, 6.45) is -2.94. The van der Waals surface area contributed by atoms with Crippen molar-refractivity contribution in [1.29, 1.82) is 0 Å². The van der Waals surface area contributed by atoms with Crippen LogP contribution in [0.2, 0.25) is 0 Å². The van der Waals surface area contributed by atoms with Gasteiger partial charge in [-0.1, -0.05) is 36.4 Å². The third-order valence-electron chi connectivity index (χ3n) is 3.99. The van der Waals surface area contributed by atoms with Crippen molar-refractivity contribution in [2.45, 2.75) is 19.3 Å². The second-order valence-electron chi connectivity index (χ2n) is 6.34. The average molecular weight is 416 g/mol. The Bertz CT molecular complexity index is 964. The predicted octanol–water partition coefficient (Wildman–Crippen LogP) is 4.53. The van der Waals surface area contributed by atoms with Crippen molar-refractivity contribution >= 4 is 5.91 Å². The topological polar surface area (TPSA) is 60.5 Å². The van der Waals surface area contributed by atoms with E-state index in [1.807, 2.05) is 30.3 Å². The number of nitrogens with one attached hydrogen (secondary N) is 1. The Morgan fingerprint density at radius 1 is 0.967 bits per heavy atom. The number of amides is 1. The van der Waals surface area contributed by atoms with Crippen LogP contribution in [0.3, 0.4) is 0 Å². The SMILES string of the molecule is O=C(NCc1ccccn1)c1cc(OCc2ccccc2)ccc1OCC(F)(F)F. The van der Waals surface area contributed by atoms with Crippen molar-refractivity contribution in [3.05, 3.63) is 89.7 Å². The minimum atomic E-state index is -4.52. The van der Waals surface area contributed by atoms with Crippen LogP contribution in [0.25, 0.3) is 0 Å².